The quantitative estimate of drug-likeness (QED) is 0.584. The van der Waals surface area contributed by atoms with Gasteiger partial charge in [0.15, 0.2) is 0 Å². The molecule has 8 heteroatoms. The highest BCUT2D eigenvalue weighted by atomic mass is 32.2. The maximum Gasteiger partial charge on any atom is 0.255 e. The number of nitrogens with one attached hydrogen (secondary N) is 1. The molecule has 3 aromatic carbocycles. The number of carbonyl (C=O) groups excluding carboxylic acids is 1. The zero-order chi connectivity index (χ0) is 22.7. The van der Waals surface area contributed by atoms with Crippen molar-refractivity contribution < 1.29 is 22.0 Å². The highest BCUT2D eigenvalue weighted by Gasteiger charge is 2.25. The van der Waals surface area contributed by atoms with Gasteiger partial charge in [-0.3, -0.25) is 4.79 Å². The number of benzene rings is 3. The van der Waals surface area contributed by atoms with E-state index >= 15 is 0 Å². The molecule has 1 amide bonds. The summed E-state index contributed by atoms with van der Waals surface area (Å²) in [5.74, 6) is -2.08. The van der Waals surface area contributed by atoms with Crippen LogP contribution < -0.4 is 5.32 Å². The molecule has 0 spiro atoms. The Hall–Kier alpha value is -3.10. The van der Waals surface area contributed by atoms with Crippen LogP contribution in [0.5, 0.6) is 0 Å². The molecule has 0 bridgehead atoms. The van der Waals surface area contributed by atoms with E-state index in [0.29, 0.717) is 24.2 Å². The predicted octanol–water partition coefficient (Wildman–Crippen LogP) is 5.06. The molecule has 1 heterocycles. The van der Waals surface area contributed by atoms with E-state index in [9.17, 15) is 22.0 Å². The summed E-state index contributed by atoms with van der Waals surface area (Å²) in [5, 5.41) is 2.48. The average molecular weight is 457 g/mol. The van der Waals surface area contributed by atoms with Crippen molar-refractivity contribution in [2.45, 2.75) is 24.2 Å². The summed E-state index contributed by atoms with van der Waals surface area (Å²) in [4.78, 5) is 12.8. The van der Waals surface area contributed by atoms with Crippen molar-refractivity contribution in [2.24, 2.45) is 0 Å². The van der Waals surface area contributed by atoms with E-state index in [1.807, 2.05) is 0 Å². The largest absolute Gasteiger partial charge is 0.322 e. The lowest BCUT2D eigenvalue weighted by atomic mass is 10.0. The van der Waals surface area contributed by atoms with Crippen molar-refractivity contribution in [3.8, 4) is 11.1 Å². The van der Waals surface area contributed by atoms with Crippen LogP contribution in [0.15, 0.2) is 71.6 Å². The van der Waals surface area contributed by atoms with E-state index in [2.05, 4.69) is 5.32 Å². The van der Waals surface area contributed by atoms with Gasteiger partial charge in [-0.15, -0.1) is 0 Å². The number of sulfonamides is 1. The van der Waals surface area contributed by atoms with Crippen molar-refractivity contribution in [2.75, 3.05) is 18.4 Å². The van der Waals surface area contributed by atoms with Crippen molar-refractivity contribution in [1.29, 1.82) is 0 Å². The Kier molecular flexibility index (Phi) is 6.34. The minimum atomic E-state index is -3.52. The van der Waals surface area contributed by atoms with Crippen LogP contribution in [0.1, 0.15) is 29.6 Å². The lowest BCUT2D eigenvalue weighted by molar-refractivity contribution is 0.102. The van der Waals surface area contributed by atoms with Crippen LogP contribution in [-0.2, 0) is 10.0 Å². The number of amides is 1. The van der Waals surface area contributed by atoms with Crippen molar-refractivity contribution in [3.63, 3.8) is 0 Å². The number of nitrogens with zero attached hydrogens (tertiary/aromatic N) is 1. The van der Waals surface area contributed by atoms with Gasteiger partial charge in [0.25, 0.3) is 5.91 Å². The third-order valence-corrected chi connectivity index (χ3v) is 7.30. The minimum absolute atomic E-state index is 0.0187. The normalized spacial score (nSPS) is 14.8. The van der Waals surface area contributed by atoms with Gasteiger partial charge in [-0.25, -0.2) is 17.2 Å². The third kappa shape index (κ3) is 4.87. The molecular weight excluding hydrogens is 434 g/mol. The first-order valence-electron chi connectivity index (χ1n) is 10.3. The van der Waals surface area contributed by atoms with Crippen LogP contribution in [0, 0.1) is 11.6 Å². The molecule has 0 unspecified atom stereocenters. The van der Waals surface area contributed by atoms with Gasteiger partial charge in [0.2, 0.25) is 10.0 Å². The Bertz CT molecular complexity index is 1220. The molecule has 1 aliphatic rings. The molecule has 1 aliphatic heterocycles. The van der Waals surface area contributed by atoms with E-state index in [1.54, 1.807) is 48.5 Å². The second-order valence-electron chi connectivity index (χ2n) is 7.68. The van der Waals surface area contributed by atoms with Crippen molar-refractivity contribution in [3.05, 3.63) is 83.9 Å². The fourth-order valence-electron chi connectivity index (χ4n) is 3.74. The van der Waals surface area contributed by atoms with E-state index in [4.69, 9.17) is 0 Å². The molecule has 0 aromatic heterocycles. The van der Waals surface area contributed by atoms with Gasteiger partial charge in [0.05, 0.1) is 4.90 Å². The van der Waals surface area contributed by atoms with Gasteiger partial charge < -0.3 is 5.32 Å². The molecule has 3 aromatic rings. The maximum absolute atomic E-state index is 13.4. The number of halogens is 2. The fourth-order valence-corrected chi connectivity index (χ4v) is 5.26. The van der Waals surface area contributed by atoms with Crippen LogP contribution in [0.4, 0.5) is 14.5 Å². The first kappa shape index (κ1) is 22.1. The van der Waals surface area contributed by atoms with Crippen LogP contribution in [-0.4, -0.2) is 31.7 Å². The van der Waals surface area contributed by atoms with Crippen LogP contribution in [0.2, 0.25) is 0 Å². The Morgan fingerprint density at radius 3 is 2.12 bits per heavy atom. The van der Waals surface area contributed by atoms with Gasteiger partial charge in [0.1, 0.15) is 11.6 Å². The molecular formula is C24H22F2N2O3S. The number of anilines is 1. The highest BCUT2D eigenvalue weighted by molar-refractivity contribution is 7.89. The van der Waals surface area contributed by atoms with Crippen molar-refractivity contribution >= 4 is 21.6 Å². The van der Waals surface area contributed by atoms with Crippen LogP contribution >= 0.6 is 0 Å². The topological polar surface area (TPSA) is 66.5 Å². The molecule has 32 heavy (non-hydrogen) atoms. The summed E-state index contributed by atoms with van der Waals surface area (Å²) in [6.45, 7) is 1.08. The molecule has 1 fully saturated rings. The molecule has 1 N–H and O–H groups in total. The lowest BCUT2D eigenvalue weighted by Gasteiger charge is -2.25. The highest BCUT2D eigenvalue weighted by Crippen LogP contribution is 2.26. The number of rotatable bonds is 5. The SMILES string of the molecule is O=C(Nc1cc(F)cc(F)c1)c1cccc(-c2ccc(S(=O)(=O)N3CCCCC3)cc2)c1. The summed E-state index contributed by atoms with van der Waals surface area (Å²) >= 11 is 0. The Balaban J connectivity index is 1.53. The second-order valence-corrected chi connectivity index (χ2v) is 9.62. The number of carbonyl (C=O) groups is 1. The minimum Gasteiger partial charge on any atom is -0.322 e. The molecule has 0 saturated carbocycles. The molecule has 0 atom stereocenters. The smallest absolute Gasteiger partial charge is 0.255 e. The number of piperidine rings is 1. The summed E-state index contributed by atoms with van der Waals surface area (Å²) in [7, 11) is -3.52. The first-order chi connectivity index (χ1) is 15.3. The Labute approximate surface area is 185 Å². The third-order valence-electron chi connectivity index (χ3n) is 5.39. The van der Waals surface area contributed by atoms with Gasteiger partial charge in [-0.1, -0.05) is 30.7 Å². The predicted molar refractivity (Wildman–Crippen MR) is 119 cm³/mol. The van der Waals surface area contributed by atoms with Gasteiger partial charge in [0, 0.05) is 30.4 Å². The summed E-state index contributed by atoms with van der Waals surface area (Å²) in [5.41, 5.74) is 1.78. The van der Waals surface area contributed by atoms with Crippen molar-refractivity contribution in [1.82, 2.24) is 4.31 Å². The van der Waals surface area contributed by atoms with E-state index in [0.717, 1.165) is 43.0 Å². The Morgan fingerprint density at radius 1 is 0.812 bits per heavy atom. The first-order valence-corrected chi connectivity index (χ1v) is 11.7. The number of hydrogen-bond donors (Lipinski definition) is 1. The summed E-state index contributed by atoms with van der Waals surface area (Å²) in [6, 6.07) is 16.1. The van der Waals surface area contributed by atoms with E-state index in [-0.39, 0.29) is 10.6 Å². The molecule has 1 saturated heterocycles. The monoisotopic (exact) mass is 456 g/mol. The van der Waals surface area contributed by atoms with Crippen LogP contribution in [0.3, 0.4) is 0 Å². The summed E-state index contributed by atoms with van der Waals surface area (Å²) in [6.07, 6.45) is 2.78. The zero-order valence-corrected chi connectivity index (χ0v) is 18.0. The van der Waals surface area contributed by atoms with E-state index < -0.39 is 27.6 Å². The fraction of sp³-hybridized carbons (Fsp3) is 0.208. The molecule has 4 rings (SSSR count). The second kappa shape index (κ2) is 9.18. The maximum atomic E-state index is 13.4. The zero-order valence-electron chi connectivity index (χ0n) is 17.2. The Morgan fingerprint density at radius 2 is 1.47 bits per heavy atom. The van der Waals surface area contributed by atoms with Gasteiger partial charge >= 0.3 is 0 Å². The molecule has 0 aliphatic carbocycles. The average Bonchev–Trinajstić information content (AvgIpc) is 2.79. The molecule has 166 valence electrons. The van der Waals surface area contributed by atoms with Gasteiger partial charge in [-0.05, 0) is 60.4 Å². The van der Waals surface area contributed by atoms with Crippen LogP contribution in [0.25, 0.3) is 11.1 Å². The summed E-state index contributed by atoms with van der Waals surface area (Å²) < 4.78 is 53.9. The van der Waals surface area contributed by atoms with E-state index in [1.165, 1.54) is 4.31 Å². The molecule has 5 nitrogen and oxygen atoms in total. The standard InChI is InChI=1S/C24H22F2N2O3S/c25-20-14-21(26)16-22(15-20)27-24(29)19-6-4-5-18(13-19)17-7-9-23(10-8-17)32(30,31)28-11-2-1-3-12-28/h4-10,13-16H,1-3,11-12H2,(H,27,29). The molecule has 0 radical (unpaired) electrons. The lowest BCUT2D eigenvalue weighted by Crippen LogP contribution is -2.35. The van der Waals surface area contributed by atoms with Gasteiger partial charge in [-0.2, -0.15) is 4.31 Å². The number of hydrogen-bond acceptors (Lipinski definition) is 3.